The number of nitrogens with one attached hydrogen (secondary N) is 2. The number of hydrogen-bond donors (Lipinski definition) is 2. The molecule has 1 aromatic heterocycles. The second kappa shape index (κ2) is 6.37. The summed E-state index contributed by atoms with van der Waals surface area (Å²) >= 11 is 1.39. The molecule has 27 heavy (non-hydrogen) atoms. The lowest BCUT2D eigenvalue weighted by Crippen LogP contribution is -2.37. The molecule has 0 saturated heterocycles. The van der Waals surface area contributed by atoms with Gasteiger partial charge in [-0.25, -0.2) is 4.98 Å². The molecule has 0 saturated carbocycles. The molecular formula is C21H23N3O2S. The number of rotatable bonds is 2. The number of benzene rings is 1. The zero-order valence-electron chi connectivity index (χ0n) is 16.0. The molecule has 4 rings (SSSR count). The van der Waals surface area contributed by atoms with E-state index in [0.29, 0.717) is 23.0 Å². The quantitative estimate of drug-likeness (QED) is 0.607. The van der Waals surface area contributed by atoms with Gasteiger partial charge in [0.25, 0.3) is 5.56 Å². The van der Waals surface area contributed by atoms with Crippen LogP contribution in [0.3, 0.4) is 0 Å². The number of H-pyrrole nitrogens is 1. The van der Waals surface area contributed by atoms with Gasteiger partial charge in [-0.1, -0.05) is 55.4 Å². The molecule has 0 radical (unpaired) electrons. The number of fused-ring (bicyclic) bond motifs is 1. The van der Waals surface area contributed by atoms with Gasteiger partial charge in [0, 0.05) is 23.6 Å². The Morgan fingerprint density at radius 2 is 1.85 bits per heavy atom. The van der Waals surface area contributed by atoms with Crippen LogP contribution in [0.2, 0.25) is 0 Å². The number of anilines is 1. The van der Waals surface area contributed by atoms with Gasteiger partial charge in [0.2, 0.25) is 0 Å². The zero-order chi connectivity index (χ0) is 19.3. The zero-order valence-corrected chi connectivity index (χ0v) is 16.8. The van der Waals surface area contributed by atoms with Crippen LogP contribution >= 0.6 is 11.8 Å². The predicted molar refractivity (Wildman–Crippen MR) is 108 cm³/mol. The SMILES string of the molecule is CSc1nc2c(c(=O)[nH]1)[C@@H](c1ccc(C)cc1)C1=C(CC(C)(C)CC1=O)N2. The number of nitrogens with zero attached hydrogens (tertiary/aromatic N) is 1. The summed E-state index contributed by atoms with van der Waals surface area (Å²) in [6, 6.07) is 8.06. The fourth-order valence-electron chi connectivity index (χ4n) is 4.08. The minimum Gasteiger partial charge on any atom is -0.343 e. The van der Waals surface area contributed by atoms with E-state index in [9.17, 15) is 9.59 Å². The predicted octanol–water partition coefficient (Wildman–Crippen LogP) is 4.00. The number of carbonyl (C=O) groups excluding carboxylic acids is 1. The molecular weight excluding hydrogens is 358 g/mol. The van der Waals surface area contributed by atoms with Gasteiger partial charge in [-0.15, -0.1) is 0 Å². The van der Waals surface area contributed by atoms with E-state index in [1.807, 2.05) is 37.4 Å². The van der Waals surface area contributed by atoms with E-state index in [1.165, 1.54) is 11.8 Å². The summed E-state index contributed by atoms with van der Waals surface area (Å²) in [6.45, 7) is 6.23. The monoisotopic (exact) mass is 381 g/mol. The molecule has 0 amide bonds. The highest BCUT2D eigenvalue weighted by molar-refractivity contribution is 7.98. The Morgan fingerprint density at radius 3 is 2.52 bits per heavy atom. The molecule has 1 aliphatic heterocycles. The highest BCUT2D eigenvalue weighted by atomic mass is 32.2. The fraction of sp³-hybridized carbons (Fsp3) is 0.381. The van der Waals surface area contributed by atoms with Crippen molar-refractivity contribution in [3.05, 3.63) is 62.6 Å². The van der Waals surface area contributed by atoms with E-state index in [4.69, 9.17) is 0 Å². The third kappa shape index (κ3) is 3.12. The molecule has 140 valence electrons. The third-order valence-corrected chi connectivity index (χ3v) is 5.88. The van der Waals surface area contributed by atoms with Crippen molar-refractivity contribution in [2.75, 3.05) is 11.6 Å². The molecule has 0 fully saturated rings. The number of aromatic nitrogens is 2. The average molecular weight is 382 g/mol. The summed E-state index contributed by atoms with van der Waals surface area (Å²) in [7, 11) is 0. The highest BCUT2D eigenvalue weighted by Crippen LogP contribution is 2.47. The number of aryl methyl sites for hydroxylation is 1. The summed E-state index contributed by atoms with van der Waals surface area (Å²) in [6.07, 6.45) is 3.13. The van der Waals surface area contributed by atoms with Crippen molar-refractivity contribution in [1.29, 1.82) is 0 Å². The Balaban J connectivity index is 1.97. The van der Waals surface area contributed by atoms with Gasteiger partial charge >= 0.3 is 0 Å². The summed E-state index contributed by atoms with van der Waals surface area (Å²) in [5, 5.41) is 3.89. The Bertz CT molecular complexity index is 1020. The molecule has 2 aromatic rings. The maximum absolute atomic E-state index is 13.1. The maximum atomic E-state index is 13.1. The van der Waals surface area contributed by atoms with Crippen molar-refractivity contribution in [2.45, 2.75) is 44.7 Å². The molecule has 0 spiro atoms. The first-order valence-corrected chi connectivity index (χ1v) is 10.3. The number of carbonyl (C=O) groups is 1. The molecule has 0 bridgehead atoms. The first-order chi connectivity index (χ1) is 12.8. The summed E-state index contributed by atoms with van der Waals surface area (Å²) < 4.78 is 0. The van der Waals surface area contributed by atoms with E-state index in [-0.39, 0.29) is 22.7 Å². The van der Waals surface area contributed by atoms with E-state index in [1.54, 1.807) is 0 Å². The van der Waals surface area contributed by atoms with Gasteiger partial charge in [0.1, 0.15) is 5.82 Å². The molecule has 6 heteroatoms. The summed E-state index contributed by atoms with van der Waals surface area (Å²) in [4.78, 5) is 33.5. The van der Waals surface area contributed by atoms with Crippen molar-refractivity contribution in [3.63, 3.8) is 0 Å². The minimum atomic E-state index is -0.382. The summed E-state index contributed by atoms with van der Waals surface area (Å²) in [5.41, 5.74) is 3.95. The third-order valence-electron chi connectivity index (χ3n) is 5.30. The number of hydrogen-bond acceptors (Lipinski definition) is 5. The number of aromatic amines is 1. The second-order valence-electron chi connectivity index (χ2n) is 8.14. The van der Waals surface area contributed by atoms with Crippen molar-refractivity contribution < 1.29 is 4.79 Å². The molecule has 2 heterocycles. The van der Waals surface area contributed by atoms with Crippen LogP contribution in [0.4, 0.5) is 5.82 Å². The topological polar surface area (TPSA) is 74.8 Å². The van der Waals surface area contributed by atoms with Gasteiger partial charge in [0.15, 0.2) is 10.9 Å². The normalized spacial score (nSPS) is 20.7. The molecule has 1 atom stereocenters. The second-order valence-corrected chi connectivity index (χ2v) is 8.93. The first kappa shape index (κ1) is 18.0. The van der Waals surface area contributed by atoms with Crippen LogP contribution in [0.15, 0.2) is 45.5 Å². The smallest absolute Gasteiger partial charge is 0.257 e. The van der Waals surface area contributed by atoms with Crippen molar-refractivity contribution in [3.8, 4) is 0 Å². The van der Waals surface area contributed by atoms with Gasteiger partial charge in [-0.3, -0.25) is 9.59 Å². The van der Waals surface area contributed by atoms with Crippen LogP contribution < -0.4 is 10.9 Å². The number of Topliss-reactive ketones (excluding diaryl/α,β-unsaturated/α-hetero) is 1. The summed E-state index contributed by atoms with van der Waals surface area (Å²) in [5.74, 6) is 0.295. The lowest BCUT2D eigenvalue weighted by atomic mass is 9.69. The fourth-order valence-corrected chi connectivity index (χ4v) is 4.46. The van der Waals surface area contributed by atoms with E-state index in [2.05, 4.69) is 29.1 Å². The lowest BCUT2D eigenvalue weighted by Gasteiger charge is -2.38. The van der Waals surface area contributed by atoms with Crippen LogP contribution in [0.25, 0.3) is 0 Å². The Morgan fingerprint density at radius 1 is 1.15 bits per heavy atom. The van der Waals surface area contributed by atoms with Crippen LogP contribution in [0.1, 0.15) is 49.3 Å². The highest BCUT2D eigenvalue weighted by Gasteiger charge is 2.42. The van der Waals surface area contributed by atoms with Crippen LogP contribution in [0.5, 0.6) is 0 Å². The van der Waals surface area contributed by atoms with Gasteiger partial charge in [0.05, 0.1) is 5.56 Å². The molecule has 2 N–H and O–H groups in total. The minimum absolute atomic E-state index is 0.109. The maximum Gasteiger partial charge on any atom is 0.257 e. The van der Waals surface area contributed by atoms with Crippen LogP contribution in [-0.4, -0.2) is 22.0 Å². The molecule has 0 unspecified atom stereocenters. The standard InChI is InChI=1S/C21H23N3O2S/c1-11-5-7-12(8-6-11)15-16-13(9-21(2,3)10-14(16)25)22-18-17(15)19(26)24-20(23-18)27-4/h5-8,15H,9-10H2,1-4H3,(H2,22,23,24,26)/t15-/m0/s1. The molecule has 1 aromatic carbocycles. The van der Waals surface area contributed by atoms with Crippen LogP contribution in [0, 0.1) is 12.3 Å². The van der Waals surface area contributed by atoms with Crippen LogP contribution in [-0.2, 0) is 4.79 Å². The van der Waals surface area contributed by atoms with Gasteiger partial charge in [-0.05, 0) is 30.6 Å². The largest absolute Gasteiger partial charge is 0.343 e. The van der Waals surface area contributed by atoms with Gasteiger partial charge in [-0.2, -0.15) is 0 Å². The van der Waals surface area contributed by atoms with E-state index in [0.717, 1.165) is 28.8 Å². The van der Waals surface area contributed by atoms with Crippen molar-refractivity contribution >= 4 is 23.4 Å². The van der Waals surface area contributed by atoms with Crippen molar-refractivity contribution in [1.82, 2.24) is 9.97 Å². The Kier molecular flexibility index (Phi) is 4.26. The van der Waals surface area contributed by atoms with E-state index >= 15 is 0 Å². The van der Waals surface area contributed by atoms with E-state index < -0.39 is 0 Å². The number of thioether (sulfide) groups is 1. The lowest BCUT2D eigenvalue weighted by molar-refractivity contribution is -0.118. The Hall–Kier alpha value is -2.34. The first-order valence-electron chi connectivity index (χ1n) is 9.07. The molecule has 1 aliphatic carbocycles. The number of allylic oxidation sites excluding steroid dienone is 2. The molecule has 2 aliphatic rings. The van der Waals surface area contributed by atoms with Gasteiger partial charge < -0.3 is 10.3 Å². The molecule has 5 nitrogen and oxygen atoms in total. The van der Waals surface area contributed by atoms with Crippen molar-refractivity contribution in [2.24, 2.45) is 5.41 Å². The Labute approximate surface area is 162 Å². The number of ketones is 1. The average Bonchev–Trinajstić information content (AvgIpc) is 2.59.